The highest BCUT2D eigenvalue weighted by molar-refractivity contribution is 5.94. The molecule has 1 saturated heterocycles. The fourth-order valence-electron chi connectivity index (χ4n) is 8.83. The van der Waals surface area contributed by atoms with Crippen LogP contribution in [0.2, 0.25) is 0 Å². The molecule has 0 aromatic heterocycles. The predicted molar refractivity (Wildman–Crippen MR) is 169 cm³/mol. The number of alkyl halides is 3. The van der Waals surface area contributed by atoms with Gasteiger partial charge in [0.15, 0.2) is 0 Å². The number of carbonyl (C=O) groups is 1. The summed E-state index contributed by atoms with van der Waals surface area (Å²) >= 11 is 0. The minimum absolute atomic E-state index is 0.175. The average molecular weight is 629 g/mol. The smallest absolute Gasteiger partial charge is 0.416 e. The maximum absolute atomic E-state index is 13.9. The van der Waals surface area contributed by atoms with Gasteiger partial charge in [-0.2, -0.15) is 13.2 Å². The number of hydrogen-bond acceptors (Lipinski definition) is 4. The Hall–Kier alpha value is -3.96. The van der Waals surface area contributed by atoms with Crippen LogP contribution in [0.4, 0.5) is 13.2 Å². The molecule has 1 saturated carbocycles. The van der Waals surface area contributed by atoms with Gasteiger partial charge in [0.05, 0.1) is 11.6 Å². The van der Waals surface area contributed by atoms with Gasteiger partial charge in [-0.3, -0.25) is 9.69 Å². The summed E-state index contributed by atoms with van der Waals surface area (Å²) in [6, 6.07) is 18.8. The summed E-state index contributed by atoms with van der Waals surface area (Å²) in [7, 11) is 0. The first kappa shape index (κ1) is 30.7. The molecule has 3 aromatic rings. The van der Waals surface area contributed by atoms with E-state index < -0.39 is 11.7 Å². The lowest BCUT2D eigenvalue weighted by Crippen LogP contribution is -2.69. The van der Waals surface area contributed by atoms with Crippen LogP contribution < -0.4 is 4.74 Å². The second-order valence-electron chi connectivity index (χ2n) is 13.7. The highest BCUT2D eigenvalue weighted by atomic mass is 19.4. The van der Waals surface area contributed by atoms with Crippen molar-refractivity contribution in [2.24, 2.45) is 11.8 Å². The topological polar surface area (TPSA) is 53.0 Å². The van der Waals surface area contributed by atoms with Crippen LogP contribution >= 0.6 is 0 Å². The van der Waals surface area contributed by atoms with Crippen molar-refractivity contribution in [2.75, 3.05) is 19.6 Å². The van der Waals surface area contributed by atoms with Gasteiger partial charge in [0.2, 0.25) is 0 Å². The van der Waals surface area contributed by atoms with Gasteiger partial charge in [0.25, 0.3) is 5.91 Å². The Morgan fingerprint density at radius 1 is 1.09 bits per heavy atom. The maximum atomic E-state index is 13.9. The Labute approximate surface area is 268 Å². The third kappa shape index (κ3) is 5.23. The largest absolute Gasteiger partial charge is 0.508 e. The zero-order chi connectivity index (χ0) is 32.2. The lowest BCUT2D eigenvalue weighted by molar-refractivity contribution is -0.138. The van der Waals surface area contributed by atoms with Gasteiger partial charge in [0.1, 0.15) is 17.6 Å². The van der Waals surface area contributed by atoms with Crippen LogP contribution in [0.25, 0.3) is 0 Å². The molecule has 46 heavy (non-hydrogen) atoms. The SMILES string of the molecule is CC(C)CN(C(=O)C#Cc1ccc(C(F)(F)F)cc1)[C@H]1CC[C@H]2[C@H]3Cc4c(O)ccc5c4[C@@]2(CCN3CCc2ccccc2)[C@H]1O5. The van der Waals surface area contributed by atoms with Crippen LogP contribution in [0.3, 0.4) is 0 Å². The predicted octanol–water partition coefficient (Wildman–Crippen LogP) is 6.60. The molecule has 2 fully saturated rings. The van der Waals surface area contributed by atoms with Gasteiger partial charge >= 0.3 is 6.18 Å². The first-order chi connectivity index (χ1) is 22.1. The minimum atomic E-state index is -4.43. The van der Waals surface area contributed by atoms with Crippen LogP contribution in [0.15, 0.2) is 66.7 Å². The number of piperidine rings is 1. The summed E-state index contributed by atoms with van der Waals surface area (Å²) in [6.07, 6.45) is -0.364. The summed E-state index contributed by atoms with van der Waals surface area (Å²) < 4.78 is 46.0. The molecule has 0 unspecified atom stereocenters. The molecule has 1 N–H and O–H groups in total. The van der Waals surface area contributed by atoms with Crippen molar-refractivity contribution in [1.29, 1.82) is 0 Å². The number of nitrogens with zero attached hydrogens (tertiary/aromatic N) is 2. The summed E-state index contributed by atoms with van der Waals surface area (Å²) in [6.45, 7) is 6.49. The van der Waals surface area contributed by atoms with Gasteiger partial charge in [-0.1, -0.05) is 50.1 Å². The molecule has 5 atom stereocenters. The van der Waals surface area contributed by atoms with Crippen molar-refractivity contribution in [2.45, 2.75) is 75.7 Å². The zero-order valence-corrected chi connectivity index (χ0v) is 26.2. The van der Waals surface area contributed by atoms with Crippen LogP contribution in [0.5, 0.6) is 11.5 Å². The molecule has 240 valence electrons. The number of carbonyl (C=O) groups excluding carboxylic acids is 1. The Kier molecular flexibility index (Phi) is 7.79. The molecular weight excluding hydrogens is 589 g/mol. The molecule has 1 amide bonds. The number of phenolic OH excluding ortho intramolecular Hbond substituents is 1. The lowest BCUT2D eigenvalue weighted by Gasteiger charge is -2.60. The van der Waals surface area contributed by atoms with Crippen molar-refractivity contribution in [3.63, 3.8) is 0 Å². The number of rotatable bonds is 6. The van der Waals surface area contributed by atoms with Crippen molar-refractivity contribution in [3.8, 4) is 23.3 Å². The molecule has 5 nitrogen and oxygen atoms in total. The van der Waals surface area contributed by atoms with Crippen LogP contribution in [0.1, 0.15) is 60.9 Å². The molecule has 0 radical (unpaired) electrons. The fraction of sp³-hybridized carbons (Fsp3) is 0.447. The number of aromatic hydroxyl groups is 1. The van der Waals surface area contributed by atoms with Gasteiger partial charge in [-0.05, 0) is 92.4 Å². The van der Waals surface area contributed by atoms with E-state index >= 15 is 0 Å². The highest BCUT2D eigenvalue weighted by Gasteiger charge is 2.66. The molecule has 2 bridgehead atoms. The zero-order valence-electron chi connectivity index (χ0n) is 26.2. The van der Waals surface area contributed by atoms with Crippen LogP contribution in [-0.4, -0.2) is 58.6 Å². The van der Waals surface area contributed by atoms with E-state index in [4.69, 9.17) is 4.74 Å². The molecule has 4 aliphatic rings. The van der Waals surface area contributed by atoms with Gasteiger partial charge in [0, 0.05) is 47.2 Å². The number of halogens is 3. The van der Waals surface area contributed by atoms with Crippen molar-refractivity contribution >= 4 is 5.91 Å². The van der Waals surface area contributed by atoms with E-state index in [1.807, 2.05) is 17.0 Å². The maximum Gasteiger partial charge on any atom is 0.416 e. The van der Waals surface area contributed by atoms with Crippen molar-refractivity contribution in [3.05, 3.63) is 94.5 Å². The summed E-state index contributed by atoms with van der Waals surface area (Å²) in [5.41, 5.74) is 2.73. The van der Waals surface area contributed by atoms with E-state index in [1.54, 1.807) is 6.07 Å². The number of likely N-dealkylation sites (tertiary alicyclic amines) is 1. The first-order valence-corrected chi connectivity index (χ1v) is 16.4. The van der Waals surface area contributed by atoms with Gasteiger partial charge in [-0.15, -0.1) is 0 Å². The minimum Gasteiger partial charge on any atom is -0.508 e. The van der Waals surface area contributed by atoms with E-state index in [-0.39, 0.29) is 35.4 Å². The second kappa shape index (κ2) is 11.7. The number of ether oxygens (including phenoxy) is 1. The van der Waals surface area contributed by atoms with E-state index in [2.05, 4.69) is 54.9 Å². The Balaban J connectivity index is 1.20. The average Bonchev–Trinajstić information content (AvgIpc) is 3.37. The molecular formula is C38H39F3N2O3. The van der Waals surface area contributed by atoms with Crippen LogP contribution in [0, 0.1) is 23.7 Å². The number of hydrogen-bond donors (Lipinski definition) is 1. The van der Waals surface area contributed by atoms with Crippen molar-refractivity contribution in [1.82, 2.24) is 9.80 Å². The summed E-state index contributed by atoms with van der Waals surface area (Å²) in [5.74, 6) is 6.87. The Bertz CT molecular complexity index is 1680. The quantitative estimate of drug-likeness (QED) is 0.313. The first-order valence-electron chi connectivity index (χ1n) is 16.4. The molecule has 2 aliphatic carbocycles. The third-order valence-corrected chi connectivity index (χ3v) is 10.7. The highest BCUT2D eigenvalue weighted by Crippen LogP contribution is 2.63. The standard InChI is InChI=1S/C38H39F3N2O3/c1-24(2)23-43(34(45)17-10-26-8-11-27(12-9-26)38(39,40)41)30-14-13-29-31-22-28-32(44)15-16-33-35(28)37(29,36(30)46-33)19-21-42(31)20-18-25-6-4-3-5-7-25/h3-9,11-12,15-16,24,29-31,36,44H,13-14,18-23H2,1-2H3/t29-,30-,31+,36-,37-/m0/s1. The van der Waals surface area contributed by atoms with E-state index in [1.165, 1.54) is 17.7 Å². The summed E-state index contributed by atoms with van der Waals surface area (Å²) in [5, 5.41) is 11.1. The van der Waals surface area contributed by atoms with Crippen LogP contribution in [-0.2, 0) is 29.2 Å². The Morgan fingerprint density at radius 3 is 2.57 bits per heavy atom. The molecule has 2 aliphatic heterocycles. The number of benzene rings is 3. The van der Waals surface area contributed by atoms with Gasteiger partial charge in [-0.25, -0.2) is 0 Å². The van der Waals surface area contributed by atoms with Crippen molar-refractivity contribution < 1.29 is 27.8 Å². The van der Waals surface area contributed by atoms with E-state index in [9.17, 15) is 23.1 Å². The number of amides is 1. The molecule has 8 heteroatoms. The Morgan fingerprint density at radius 2 is 1.85 bits per heavy atom. The third-order valence-electron chi connectivity index (χ3n) is 10.7. The second-order valence-corrected chi connectivity index (χ2v) is 13.7. The van der Waals surface area contributed by atoms with Gasteiger partial charge < -0.3 is 14.7 Å². The number of phenols is 1. The molecule has 3 aromatic carbocycles. The molecule has 2 heterocycles. The monoisotopic (exact) mass is 628 g/mol. The normalized spacial score (nSPS) is 26.1. The van der Waals surface area contributed by atoms with E-state index in [0.717, 1.165) is 74.2 Å². The summed E-state index contributed by atoms with van der Waals surface area (Å²) in [4.78, 5) is 18.3. The molecule has 7 rings (SSSR count). The molecule has 1 spiro atoms. The lowest BCUT2D eigenvalue weighted by atomic mass is 9.50. The fourth-order valence-corrected chi connectivity index (χ4v) is 8.83. The van der Waals surface area contributed by atoms with E-state index in [0.29, 0.717) is 23.8 Å².